The molecule has 1 saturated carbocycles. The van der Waals surface area contributed by atoms with Crippen molar-refractivity contribution >= 4 is 23.2 Å². The molecule has 1 aromatic rings. The van der Waals surface area contributed by atoms with Crippen molar-refractivity contribution in [2.75, 3.05) is 26.0 Å². The molecule has 0 bridgehead atoms. The Hall–Kier alpha value is -1.26. The highest BCUT2D eigenvalue weighted by atomic mass is 35.5. The first-order valence-corrected chi connectivity index (χ1v) is 8.71. The molecule has 0 spiro atoms. The van der Waals surface area contributed by atoms with E-state index in [-0.39, 0.29) is 5.91 Å². The molecule has 1 aromatic carbocycles. The zero-order valence-corrected chi connectivity index (χ0v) is 15.0. The van der Waals surface area contributed by atoms with Crippen LogP contribution < -0.4 is 10.1 Å². The van der Waals surface area contributed by atoms with Crippen molar-refractivity contribution in [3.63, 3.8) is 0 Å². The lowest BCUT2D eigenvalue weighted by Gasteiger charge is -2.33. The van der Waals surface area contributed by atoms with E-state index in [1.807, 2.05) is 0 Å². The van der Waals surface area contributed by atoms with E-state index in [1.165, 1.54) is 25.7 Å². The van der Waals surface area contributed by atoms with Gasteiger partial charge in [-0.2, -0.15) is 0 Å². The van der Waals surface area contributed by atoms with Gasteiger partial charge in [0.2, 0.25) is 5.91 Å². The van der Waals surface area contributed by atoms with Gasteiger partial charge in [0.25, 0.3) is 0 Å². The zero-order valence-electron chi connectivity index (χ0n) is 14.3. The molecule has 2 rings (SSSR count). The van der Waals surface area contributed by atoms with Crippen LogP contribution >= 0.6 is 11.6 Å². The van der Waals surface area contributed by atoms with Gasteiger partial charge in [-0.3, -0.25) is 4.79 Å². The van der Waals surface area contributed by atoms with Gasteiger partial charge in [-0.25, -0.2) is 0 Å². The summed E-state index contributed by atoms with van der Waals surface area (Å²) in [6.45, 7) is 3.09. The maximum absolute atomic E-state index is 12.2. The third kappa shape index (κ3) is 5.40. The van der Waals surface area contributed by atoms with Crippen molar-refractivity contribution in [3.8, 4) is 5.75 Å². The number of rotatable bonds is 6. The van der Waals surface area contributed by atoms with Crippen LogP contribution in [-0.2, 0) is 4.79 Å². The third-order valence-corrected chi connectivity index (χ3v) is 4.97. The lowest BCUT2D eigenvalue weighted by atomic mass is 9.87. The third-order valence-electron chi connectivity index (χ3n) is 4.74. The number of carbonyl (C=O) groups excluding carboxylic acids is 1. The first kappa shape index (κ1) is 18.1. The highest BCUT2D eigenvalue weighted by Crippen LogP contribution is 2.28. The van der Waals surface area contributed by atoms with E-state index in [4.69, 9.17) is 16.3 Å². The van der Waals surface area contributed by atoms with Crippen molar-refractivity contribution in [2.45, 2.75) is 45.1 Å². The quantitative estimate of drug-likeness (QED) is 0.845. The fourth-order valence-corrected chi connectivity index (χ4v) is 3.31. The second kappa shape index (κ2) is 8.55. The lowest BCUT2D eigenvalue weighted by Crippen LogP contribution is -2.36. The van der Waals surface area contributed by atoms with Crippen LogP contribution in [0.4, 0.5) is 5.69 Å². The van der Waals surface area contributed by atoms with Crippen LogP contribution in [0.2, 0.25) is 5.02 Å². The number of halogens is 1. The van der Waals surface area contributed by atoms with Gasteiger partial charge in [0.05, 0.1) is 12.8 Å². The molecule has 0 heterocycles. The van der Waals surface area contributed by atoms with Crippen molar-refractivity contribution < 1.29 is 9.53 Å². The Morgan fingerprint density at radius 1 is 1.35 bits per heavy atom. The number of hydrogen-bond donors (Lipinski definition) is 1. The molecule has 0 aromatic heterocycles. The number of amides is 1. The first-order chi connectivity index (χ1) is 11.0. The van der Waals surface area contributed by atoms with Crippen LogP contribution in [0.3, 0.4) is 0 Å². The summed E-state index contributed by atoms with van der Waals surface area (Å²) in [6, 6.07) is 5.82. The van der Waals surface area contributed by atoms with Gasteiger partial charge in [-0.1, -0.05) is 18.5 Å². The SMILES string of the molecule is COc1ccc(Cl)cc1NC(=O)CCN(C)C1CCC(C)CC1. The van der Waals surface area contributed by atoms with Gasteiger partial charge >= 0.3 is 0 Å². The van der Waals surface area contributed by atoms with Gasteiger partial charge in [-0.15, -0.1) is 0 Å². The zero-order chi connectivity index (χ0) is 16.8. The maximum atomic E-state index is 12.2. The fraction of sp³-hybridized carbons (Fsp3) is 0.611. The number of benzene rings is 1. The van der Waals surface area contributed by atoms with Gasteiger partial charge in [0.15, 0.2) is 0 Å². The molecular weight excluding hydrogens is 312 g/mol. The number of methoxy groups -OCH3 is 1. The Balaban J connectivity index is 1.82. The van der Waals surface area contributed by atoms with Crippen molar-refractivity contribution in [3.05, 3.63) is 23.2 Å². The summed E-state index contributed by atoms with van der Waals surface area (Å²) in [7, 11) is 3.70. The smallest absolute Gasteiger partial charge is 0.225 e. The van der Waals surface area contributed by atoms with Crippen LogP contribution in [0.1, 0.15) is 39.0 Å². The average Bonchev–Trinajstić information content (AvgIpc) is 2.53. The number of ether oxygens (including phenoxy) is 1. The first-order valence-electron chi connectivity index (χ1n) is 8.33. The highest BCUT2D eigenvalue weighted by molar-refractivity contribution is 6.31. The molecule has 1 aliphatic rings. The Labute approximate surface area is 144 Å². The molecule has 1 N–H and O–H groups in total. The molecule has 5 heteroatoms. The predicted octanol–water partition coefficient (Wildman–Crippen LogP) is 4.19. The molecule has 0 unspecified atom stereocenters. The molecule has 0 atom stereocenters. The summed E-state index contributed by atoms with van der Waals surface area (Å²) in [5, 5.41) is 3.47. The monoisotopic (exact) mass is 338 g/mol. The summed E-state index contributed by atoms with van der Waals surface area (Å²) in [4.78, 5) is 14.5. The molecular formula is C18H27ClN2O2. The Morgan fingerprint density at radius 3 is 2.70 bits per heavy atom. The van der Waals surface area contributed by atoms with Crippen molar-refractivity contribution in [2.24, 2.45) is 5.92 Å². The molecule has 1 aliphatic carbocycles. The largest absolute Gasteiger partial charge is 0.495 e. The van der Waals surface area contributed by atoms with Gasteiger partial charge < -0.3 is 15.0 Å². The molecule has 0 radical (unpaired) electrons. The van der Waals surface area contributed by atoms with Gasteiger partial charge in [-0.05, 0) is 56.8 Å². The predicted molar refractivity (Wildman–Crippen MR) is 95.3 cm³/mol. The number of carbonyl (C=O) groups is 1. The fourth-order valence-electron chi connectivity index (χ4n) is 3.13. The van der Waals surface area contributed by atoms with E-state index in [1.54, 1.807) is 25.3 Å². The molecule has 0 aliphatic heterocycles. The topological polar surface area (TPSA) is 41.6 Å². The Bertz CT molecular complexity index is 528. The number of nitrogens with zero attached hydrogens (tertiary/aromatic N) is 1. The summed E-state index contributed by atoms with van der Waals surface area (Å²) >= 11 is 5.98. The number of hydrogen-bond acceptors (Lipinski definition) is 3. The molecule has 1 amide bonds. The second-order valence-corrected chi connectivity index (χ2v) is 6.97. The Kier molecular flexibility index (Phi) is 6.72. The molecule has 128 valence electrons. The van der Waals surface area contributed by atoms with E-state index in [0.717, 1.165) is 12.5 Å². The normalized spacial score (nSPS) is 21.3. The second-order valence-electron chi connectivity index (χ2n) is 6.54. The van der Waals surface area contributed by atoms with E-state index in [2.05, 4.69) is 24.2 Å². The summed E-state index contributed by atoms with van der Waals surface area (Å²) in [5.74, 6) is 1.46. The number of nitrogens with one attached hydrogen (secondary N) is 1. The minimum atomic E-state index is -0.0124. The summed E-state index contributed by atoms with van der Waals surface area (Å²) in [5.41, 5.74) is 0.624. The standard InChI is InChI=1S/C18H27ClN2O2/c1-13-4-7-15(8-5-13)21(2)11-10-18(22)20-16-12-14(19)6-9-17(16)23-3/h6,9,12-13,15H,4-5,7-8,10-11H2,1-3H3,(H,20,22). The maximum Gasteiger partial charge on any atom is 0.225 e. The van der Waals surface area contributed by atoms with Crippen molar-refractivity contribution in [1.29, 1.82) is 0 Å². The van der Waals surface area contributed by atoms with E-state index < -0.39 is 0 Å². The lowest BCUT2D eigenvalue weighted by molar-refractivity contribution is -0.116. The van der Waals surface area contributed by atoms with Crippen LogP contribution in [0.15, 0.2) is 18.2 Å². The molecule has 1 fully saturated rings. The minimum Gasteiger partial charge on any atom is -0.495 e. The molecule has 0 saturated heterocycles. The summed E-state index contributed by atoms with van der Waals surface area (Å²) in [6.07, 6.45) is 5.53. The molecule has 4 nitrogen and oxygen atoms in total. The van der Waals surface area contributed by atoms with Crippen LogP contribution in [0.25, 0.3) is 0 Å². The number of anilines is 1. The van der Waals surface area contributed by atoms with Crippen molar-refractivity contribution in [1.82, 2.24) is 4.90 Å². The van der Waals surface area contributed by atoms with Crippen LogP contribution in [0, 0.1) is 5.92 Å². The van der Waals surface area contributed by atoms with Gasteiger partial charge in [0, 0.05) is 24.0 Å². The minimum absolute atomic E-state index is 0.0124. The summed E-state index contributed by atoms with van der Waals surface area (Å²) < 4.78 is 5.25. The van der Waals surface area contributed by atoms with E-state index >= 15 is 0 Å². The average molecular weight is 339 g/mol. The van der Waals surface area contributed by atoms with Crippen LogP contribution in [0.5, 0.6) is 5.75 Å². The van der Waals surface area contributed by atoms with Gasteiger partial charge in [0.1, 0.15) is 5.75 Å². The molecule has 23 heavy (non-hydrogen) atoms. The van der Waals surface area contributed by atoms with E-state index in [9.17, 15) is 4.79 Å². The van der Waals surface area contributed by atoms with E-state index in [0.29, 0.717) is 28.9 Å². The van der Waals surface area contributed by atoms with Crippen LogP contribution in [-0.4, -0.2) is 37.6 Å². The Morgan fingerprint density at radius 2 is 2.04 bits per heavy atom. The highest BCUT2D eigenvalue weighted by Gasteiger charge is 2.22.